The van der Waals surface area contributed by atoms with E-state index in [0.717, 1.165) is 22.9 Å². The van der Waals surface area contributed by atoms with Crippen LogP contribution in [0.5, 0.6) is 0 Å². The number of fused-ring (bicyclic) bond motifs is 1. The van der Waals surface area contributed by atoms with Crippen LogP contribution in [-0.2, 0) is 5.88 Å². The maximum Gasteiger partial charge on any atom is 0.126 e. The van der Waals surface area contributed by atoms with E-state index in [4.69, 9.17) is 16.0 Å². The number of hydrogen-bond donors (Lipinski definition) is 0. The number of para-hydroxylation sites is 1. The molecule has 0 aliphatic rings. The first kappa shape index (κ1) is 13.7. The first-order chi connectivity index (χ1) is 10.2. The van der Waals surface area contributed by atoms with Crippen LogP contribution in [0, 0.1) is 18.3 Å². The summed E-state index contributed by atoms with van der Waals surface area (Å²) in [4.78, 5) is 4.52. The highest BCUT2D eigenvalue weighted by molar-refractivity contribution is 6.16. The highest BCUT2D eigenvalue weighted by Gasteiger charge is 2.20. The van der Waals surface area contributed by atoms with Gasteiger partial charge < -0.3 is 8.98 Å². The number of nitriles is 1. The molecule has 0 fully saturated rings. The molecule has 2 aromatic heterocycles. The third-order valence-corrected chi connectivity index (χ3v) is 3.83. The summed E-state index contributed by atoms with van der Waals surface area (Å²) in [6.45, 7) is 3.95. The molecule has 3 rings (SSSR count). The lowest BCUT2D eigenvalue weighted by molar-refractivity contribution is 0.429. The Kier molecular flexibility index (Phi) is 3.44. The maximum atomic E-state index is 9.22. The Morgan fingerprint density at radius 2 is 2.19 bits per heavy atom. The van der Waals surface area contributed by atoms with Crippen molar-refractivity contribution >= 4 is 22.6 Å². The van der Waals surface area contributed by atoms with Gasteiger partial charge in [-0.15, -0.1) is 11.6 Å². The molecule has 0 saturated carbocycles. The number of aryl methyl sites for hydroxylation is 1. The van der Waals surface area contributed by atoms with E-state index in [0.29, 0.717) is 11.1 Å². The third-order valence-electron chi connectivity index (χ3n) is 3.59. The van der Waals surface area contributed by atoms with Crippen LogP contribution in [0.3, 0.4) is 0 Å². The number of furan rings is 1. The molecule has 2 heterocycles. The van der Waals surface area contributed by atoms with Gasteiger partial charge in [-0.3, -0.25) is 0 Å². The number of hydrogen-bond acceptors (Lipinski definition) is 3. The SMILES string of the molecule is Cc1ccc(C(C)n2c(CCl)nc3c(C#N)cccc32)o1. The van der Waals surface area contributed by atoms with Crippen molar-refractivity contribution in [2.45, 2.75) is 25.8 Å². The van der Waals surface area contributed by atoms with Crippen molar-refractivity contribution in [3.8, 4) is 6.07 Å². The van der Waals surface area contributed by atoms with Crippen molar-refractivity contribution < 1.29 is 4.42 Å². The Morgan fingerprint density at radius 3 is 2.81 bits per heavy atom. The topological polar surface area (TPSA) is 54.8 Å². The number of aromatic nitrogens is 2. The van der Waals surface area contributed by atoms with Crippen LogP contribution in [0.2, 0.25) is 0 Å². The van der Waals surface area contributed by atoms with Crippen molar-refractivity contribution in [2.75, 3.05) is 0 Å². The molecule has 1 atom stereocenters. The Bertz CT molecular complexity index is 841. The number of nitrogens with zero attached hydrogens (tertiary/aromatic N) is 3. The maximum absolute atomic E-state index is 9.22. The summed E-state index contributed by atoms with van der Waals surface area (Å²) < 4.78 is 7.75. The molecular formula is C16H14ClN3O. The number of benzene rings is 1. The van der Waals surface area contributed by atoms with Crippen LogP contribution in [0.1, 0.15) is 35.9 Å². The number of imidazole rings is 1. The second-order valence-corrected chi connectivity index (χ2v) is 5.21. The molecule has 0 spiro atoms. The molecule has 0 aliphatic heterocycles. The summed E-state index contributed by atoms with van der Waals surface area (Å²) in [7, 11) is 0. The smallest absolute Gasteiger partial charge is 0.126 e. The van der Waals surface area contributed by atoms with Crippen LogP contribution in [0.4, 0.5) is 0 Å². The molecule has 3 aromatic rings. The summed E-state index contributed by atoms with van der Waals surface area (Å²) in [5.74, 6) is 2.73. The fraction of sp³-hybridized carbons (Fsp3) is 0.250. The van der Waals surface area contributed by atoms with Crippen LogP contribution in [0.25, 0.3) is 11.0 Å². The van der Waals surface area contributed by atoms with E-state index in [-0.39, 0.29) is 11.9 Å². The first-order valence-electron chi connectivity index (χ1n) is 6.68. The second kappa shape index (κ2) is 5.27. The standard InChI is InChI=1S/C16H14ClN3O/c1-10-6-7-14(21-10)11(2)20-13-5-3-4-12(9-18)16(13)19-15(20)8-17/h3-7,11H,8H2,1-2H3. The average Bonchev–Trinajstić information content (AvgIpc) is 3.09. The molecule has 0 radical (unpaired) electrons. The van der Waals surface area contributed by atoms with Gasteiger partial charge in [-0.25, -0.2) is 4.98 Å². The zero-order valence-corrected chi connectivity index (χ0v) is 12.6. The highest BCUT2D eigenvalue weighted by Crippen LogP contribution is 2.29. The second-order valence-electron chi connectivity index (χ2n) is 4.94. The summed E-state index contributed by atoms with van der Waals surface area (Å²) in [5.41, 5.74) is 2.14. The lowest BCUT2D eigenvalue weighted by Crippen LogP contribution is -2.09. The molecule has 5 heteroatoms. The molecule has 0 aliphatic carbocycles. The fourth-order valence-electron chi connectivity index (χ4n) is 2.59. The highest BCUT2D eigenvalue weighted by atomic mass is 35.5. The Balaban J connectivity index is 2.24. The molecular weight excluding hydrogens is 286 g/mol. The summed E-state index contributed by atoms with van der Waals surface area (Å²) in [5, 5.41) is 9.22. The monoisotopic (exact) mass is 299 g/mol. The van der Waals surface area contributed by atoms with Crippen molar-refractivity contribution in [3.63, 3.8) is 0 Å². The lowest BCUT2D eigenvalue weighted by Gasteiger charge is -2.14. The predicted molar refractivity (Wildman–Crippen MR) is 81.3 cm³/mol. The Labute approximate surface area is 127 Å². The van der Waals surface area contributed by atoms with Gasteiger partial charge in [0.05, 0.1) is 23.0 Å². The summed E-state index contributed by atoms with van der Waals surface area (Å²) >= 11 is 6.04. The number of alkyl halides is 1. The van der Waals surface area contributed by atoms with Crippen LogP contribution >= 0.6 is 11.6 Å². The van der Waals surface area contributed by atoms with Gasteiger partial charge in [0.25, 0.3) is 0 Å². The van der Waals surface area contributed by atoms with Gasteiger partial charge >= 0.3 is 0 Å². The van der Waals surface area contributed by atoms with Gasteiger partial charge in [-0.05, 0) is 38.1 Å². The summed E-state index contributed by atoms with van der Waals surface area (Å²) in [6.07, 6.45) is 0. The van der Waals surface area contributed by atoms with Crippen LogP contribution < -0.4 is 0 Å². The molecule has 0 bridgehead atoms. The van der Waals surface area contributed by atoms with Crippen molar-refractivity contribution in [3.05, 3.63) is 53.2 Å². The van der Waals surface area contributed by atoms with Crippen LogP contribution in [0.15, 0.2) is 34.7 Å². The van der Waals surface area contributed by atoms with E-state index in [1.807, 2.05) is 42.7 Å². The van der Waals surface area contributed by atoms with Gasteiger partial charge in [-0.1, -0.05) is 6.07 Å². The Hall–Kier alpha value is -2.25. The van der Waals surface area contributed by atoms with Gasteiger partial charge in [0.1, 0.15) is 28.9 Å². The molecule has 0 N–H and O–H groups in total. The minimum Gasteiger partial charge on any atom is -0.464 e. The van der Waals surface area contributed by atoms with Gasteiger partial charge in [0.2, 0.25) is 0 Å². The third kappa shape index (κ3) is 2.20. The van der Waals surface area contributed by atoms with Crippen molar-refractivity contribution in [2.24, 2.45) is 0 Å². The lowest BCUT2D eigenvalue weighted by atomic mass is 10.2. The quantitative estimate of drug-likeness (QED) is 0.682. The van der Waals surface area contributed by atoms with Crippen molar-refractivity contribution in [1.29, 1.82) is 5.26 Å². The largest absolute Gasteiger partial charge is 0.464 e. The van der Waals surface area contributed by atoms with E-state index < -0.39 is 0 Å². The normalized spacial score (nSPS) is 12.5. The number of rotatable bonds is 3. The molecule has 0 amide bonds. The van der Waals surface area contributed by atoms with Crippen LogP contribution in [-0.4, -0.2) is 9.55 Å². The molecule has 21 heavy (non-hydrogen) atoms. The Morgan fingerprint density at radius 1 is 1.38 bits per heavy atom. The van der Waals surface area contributed by atoms with Gasteiger partial charge in [-0.2, -0.15) is 5.26 Å². The first-order valence-corrected chi connectivity index (χ1v) is 7.21. The van der Waals surface area contributed by atoms with E-state index >= 15 is 0 Å². The van der Waals surface area contributed by atoms with E-state index in [2.05, 4.69) is 11.1 Å². The van der Waals surface area contributed by atoms with Crippen molar-refractivity contribution in [1.82, 2.24) is 9.55 Å². The zero-order chi connectivity index (χ0) is 15.0. The molecule has 1 aromatic carbocycles. The molecule has 0 saturated heterocycles. The predicted octanol–water partition coefficient (Wildman–Crippen LogP) is 4.16. The van der Waals surface area contributed by atoms with E-state index in [1.54, 1.807) is 6.07 Å². The zero-order valence-electron chi connectivity index (χ0n) is 11.8. The number of halogens is 1. The minimum atomic E-state index is -0.0357. The molecule has 1 unspecified atom stereocenters. The van der Waals surface area contributed by atoms with E-state index in [9.17, 15) is 5.26 Å². The average molecular weight is 300 g/mol. The fourth-order valence-corrected chi connectivity index (χ4v) is 2.78. The minimum absolute atomic E-state index is 0.0357. The molecule has 4 nitrogen and oxygen atoms in total. The van der Waals surface area contributed by atoms with Gasteiger partial charge in [0, 0.05) is 0 Å². The van der Waals surface area contributed by atoms with E-state index in [1.165, 1.54) is 0 Å². The van der Waals surface area contributed by atoms with Gasteiger partial charge in [0.15, 0.2) is 0 Å². The summed E-state index contributed by atoms with van der Waals surface area (Å²) in [6, 6.07) is 11.6. The molecule has 106 valence electrons.